The predicted octanol–water partition coefficient (Wildman–Crippen LogP) is 2.56. The zero-order chi connectivity index (χ0) is 17.1. The SMILES string of the molecule is CSCC[C@@H](NC(=O)c1c(C)noc1C)c1nnc2ccccn12. The van der Waals surface area contributed by atoms with Gasteiger partial charge in [-0.25, -0.2) is 0 Å². The molecule has 1 N–H and O–H groups in total. The minimum atomic E-state index is -0.240. The van der Waals surface area contributed by atoms with Crippen molar-refractivity contribution in [3.05, 3.63) is 47.2 Å². The molecule has 0 aromatic carbocycles. The number of hydrogen-bond acceptors (Lipinski definition) is 6. The van der Waals surface area contributed by atoms with Crippen molar-refractivity contribution >= 4 is 23.3 Å². The van der Waals surface area contributed by atoms with E-state index < -0.39 is 0 Å². The molecule has 0 saturated carbocycles. The number of nitrogens with zero attached hydrogens (tertiary/aromatic N) is 4. The van der Waals surface area contributed by atoms with Crippen molar-refractivity contribution in [1.82, 2.24) is 25.1 Å². The lowest BCUT2D eigenvalue weighted by molar-refractivity contribution is 0.0931. The van der Waals surface area contributed by atoms with E-state index in [0.717, 1.165) is 23.6 Å². The maximum absolute atomic E-state index is 12.7. The molecule has 3 aromatic rings. The third-order valence-corrected chi connectivity index (χ3v) is 4.47. The van der Waals surface area contributed by atoms with Crippen molar-refractivity contribution < 1.29 is 9.32 Å². The maximum atomic E-state index is 12.7. The quantitative estimate of drug-likeness (QED) is 0.739. The van der Waals surface area contributed by atoms with E-state index in [4.69, 9.17) is 4.52 Å². The Balaban J connectivity index is 1.91. The zero-order valence-corrected chi connectivity index (χ0v) is 14.6. The molecule has 0 aliphatic heterocycles. The van der Waals surface area contributed by atoms with Gasteiger partial charge in [0.05, 0.1) is 11.7 Å². The second-order valence-electron chi connectivity index (χ2n) is 5.49. The summed E-state index contributed by atoms with van der Waals surface area (Å²) in [5, 5.41) is 15.4. The summed E-state index contributed by atoms with van der Waals surface area (Å²) >= 11 is 1.72. The van der Waals surface area contributed by atoms with Crippen LogP contribution in [-0.2, 0) is 0 Å². The average Bonchev–Trinajstić information content (AvgIpc) is 3.15. The Morgan fingerprint density at radius 3 is 2.92 bits per heavy atom. The van der Waals surface area contributed by atoms with E-state index in [2.05, 4.69) is 20.7 Å². The Hall–Kier alpha value is -2.35. The molecule has 24 heavy (non-hydrogen) atoms. The lowest BCUT2D eigenvalue weighted by Crippen LogP contribution is -2.31. The molecule has 3 aromatic heterocycles. The van der Waals surface area contributed by atoms with Crippen molar-refractivity contribution in [3.8, 4) is 0 Å². The van der Waals surface area contributed by atoms with Crippen molar-refractivity contribution in [2.45, 2.75) is 26.3 Å². The second kappa shape index (κ2) is 7.04. The number of carbonyl (C=O) groups excluding carboxylic acids is 1. The Labute approximate surface area is 143 Å². The maximum Gasteiger partial charge on any atom is 0.257 e. The summed E-state index contributed by atoms with van der Waals surface area (Å²) in [6.07, 6.45) is 4.69. The summed E-state index contributed by atoms with van der Waals surface area (Å²) in [5.74, 6) is 1.93. The molecule has 0 spiro atoms. The van der Waals surface area contributed by atoms with E-state index in [1.165, 1.54) is 0 Å². The van der Waals surface area contributed by atoms with E-state index in [9.17, 15) is 4.79 Å². The van der Waals surface area contributed by atoms with Crippen molar-refractivity contribution in [2.75, 3.05) is 12.0 Å². The van der Waals surface area contributed by atoms with E-state index in [1.807, 2.05) is 35.1 Å². The standard InChI is InChI=1S/C16H19N5O2S/c1-10-14(11(2)23-20-10)16(22)17-12(7-9-24-3)15-19-18-13-6-4-5-8-21(13)15/h4-6,8,12H,7,9H2,1-3H3,(H,17,22)/t12-/m1/s1. The Morgan fingerprint density at radius 1 is 1.38 bits per heavy atom. The number of rotatable bonds is 6. The van der Waals surface area contributed by atoms with Crippen LogP contribution in [0.1, 0.15) is 40.1 Å². The van der Waals surface area contributed by atoms with Crippen LogP contribution < -0.4 is 5.32 Å². The largest absolute Gasteiger partial charge is 0.361 e. The first kappa shape index (κ1) is 16.5. The van der Waals surface area contributed by atoms with Gasteiger partial charge in [0.1, 0.15) is 11.3 Å². The number of amides is 1. The van der Waals surface area contributed by atoms with Gasteiger partial charge in [0, 0.05) is 6.20 Å². The highest BCUT2D eigenvalue weighted by Crippen LogP contribution is 2.20. The van der Waals surface area contributed by atoms with Crippen molar-refractivity contribution in [1.29, 1.82) is 0 Å². The molecule has 8 heteroatoms. The van der Waals surface area contributed by atoms with Gasteiger partial charge < -0.3 is 9.84 Å². The smallest absolute Gasteiger partial charge is 0.257 e. The number of nitrogens with one attached hydrogen (secondary N) is 1. The first-order valence-corrected chi connectivity index (χ1v) is 9.03. The minimum absolute atomic E-state index is 0.204. The Morgan fingerprint density at radius 2 is 2.21 bits per heavy atom. The molecule has 1 atom stereocenters. The van der Waals surface area contributed by atoms with Gasteiger partial charge in [-0.1, -0.05) is 11.2 Å². The number of aromatic nitrogens is 4. The summed E-state index contributed by atoms with van der Waals surface area (Å²) in [5.41, 5.74) is 1.82. The summed E-state index contributed by atoms with van der Waals surface area (Å²) in [6.45, 7) is 3.49. The van der Waals surface area contributed by atoms with Crippen LogP contribution >= 0.6 is 11.8 Å². The van der Waals surface area contributed by atoms with Crippen LogP contribution in [-0.4, -0.2) is 37.7 Å². The average molecular weight is 345 g/mol. The molecule has 126 valence electrons. The van der Waals surface area contributed by atoms with Gasteiger partial charge in [-0.2, -0.15) is 11.8 Å². The van der Waals surface area contributed by atoms with Gasteiger partial charge in [-0.15, -0.1) is 10.2 Å². The fourth-order valence-corrected chi connectivity index (χ4v) is 3.11. The highest BCUT2D eigenvalue weighted by Gasteiger charge is 2.24. The van der Waals surface area contributed by atoms with Crippen LogP contribution in [0.25, 0.3) is 5.65 Å². The lowest BCUT2D eigenvalue weighted by atomic mass is 10.1. The Kier molecular flexibility index (Phi) is 4.84. The molecule has 7 nitrogen and oxygen atoms in total. The molecule has 0 saturated heterocycles. The third-order valence-electron chi connectivity index (χ3n) is 3.83. The number of thioether (sulfide) groups is 1. The summed E-state index contributed by atoms with van der Waals surface area (Å²) < 4.78 is 6.99. The van der Waals surface area contributed by atoms with E-state index in [0.29, 0.717) is 17.0 Å². The van der Waals surface area contributed by atoms with Gasteiger partial charge >= 0.3 is 0 Å². The van der Waals surface area contributed by atoms with Crippen LogP contribution in [0.4, 0.5) is 0 Å². The van der Waals surface area contributed by atoms with Gasteiger partial charge in [0.15, 0.2) is 11.5 Å². The Bertz CT molecular complexity index is 838. The highest BCUT2D eigenvalue weighted by molar-refractivity contribution is 7.98. The number of hydrogen-bond donors (Lipinski definition) is 1. The zero-order valence-electron chi connectivity index (χ0n) is 13.8. The molecule has 0 aliphatic carbocycles. The number of carbonyl (C=O) groups is 1. The fourth-order valence-electron chi connectivity index (χ4n) is 2.64. The second-order valence-corrected chi connectivity index (χ2v) is 6.48. The number of pyridine rings is 1. The van der Waals surface area contributed by atoms with Gasteiger partial charge in [0.2, 0.25) is 0 Å². The fraction of sp³-hybridized carbons (Fsp3) is 0.375. The van der Waals surface area contributed by atoms with E-state index in [-0.39, 0.29) is 11.9 Å². The molecule has 0 fully saturated rings. The predicted molar refractivity (Wildman–Crippen MR) is 92.2 cm³/mol. The molecule has 3 rings (SSSR count). The molecular weight excluding hydrogens is 326 g/mol. The first-order valence-electron chi connectivity index (χ1n) is 7.64. The van der Waals surface area contributed by atoms with Crippen LogP contribution in [0, 0.1) is 13.8 Å². The highest BCUT2D eigenvalue weighted by atomic mass is 32.2. The van der Waals surface area contributed by atoms with Crippen molar-refractivity contribution in [3.63, 3.8) is 0 Å². The molecule has 3 heterocycles. The summed E-state index contributed by atoms with van der Waals surface area (Å²) in [4.78, 5) is 12.7. The van der Waals surface area contributed by atoms with Gasteiger partial charge in [-0.3, -0.25) is 9.20 Å². The topological polar surface area (TPSA) is 85.3 Å². The molecule has 1 amide bonds. The van der Waals surface area contributed by atoms with Gasteiger partial charge in [0.25, 0.3) is 5.91 Å². The molecule has 0 unspecified atom stereocenters. The third kappa shape index (κ3) is 3.14. The van der Waals surface area contributed by atoms with Crippen LogP contribution in [0.15, 0.2) is 28.9 Å². The normalized spacial score (nSPS) is 12.5. The summed E-state index contributed by atoms with van der Waals surface area (Å²) in [6, 6.07) is 5.48. The molecule has 0 bridgehead atoms. The van der Waals surface area contributed by atoms with Crippen molar-refractivity contribution in [2.24, 2.45) is 0 Å². The van der Waals surface area contributed by atoms with Crippen LogP contribution in [0.2, 0.25) is 0 Å². The minimum Gasteiger partial charge on any atom is -0.361 e. The monoisotopic (exact) mass is 345 g/mol. The van der Waals surface area contributed by atoms with E-state index in [1.54, 1.807) is 25.6 Å². The van der Waals surface area contributed by atoms with Gasteiger partial charge in [-0.05, 0) is 44.4 Å². The van der Waals surface area contributed by atoms with Crippen LogP contribution in [0.3, 0.4) is 0 Å². The first-order chi connectivity index (χ1) is 11.6. The molecule has 0 radical (unpaired) electrons. The lowest BCUT2D eigenvalue weighted by Gasteiger charge is -2.17. The number of fused-ring (bicyclic) bond motifs is 1. The molecule has 0 aliphatic rings. The van der Waals surface area contributed by atoms with E-state index >= 15 is 0 Å². The van der Waals surface area contributed by atoms with Crippen LogP contribution in [0.5, 0.6) is 0 Å². The number of aryl methyl sites for hydroxylation is 2. The summed E-state index contributed by atoms with van der Waals surface area (Å²) in [7, 11) is 0. The molecular formula is C16H19N5O2S.